The second-order valence-corrected chi connectivity index (χ2v) is 4.73. The summed E-state index contributed by atoms with van der Waals surface area (Å²) in [5.41, 5.74) is 8.08. The monoisotopic (exact) mass is 195 g/mol. The van der Waals surface area contributed by atoms with E-state index in [-0.39, 0.29) is 0 Å². The summed E-state index contributed by atoms with van der Waals surface area (Å²) in [6.07, 6.45) is 0. The first kappa shape index (κ1) is 10.5. The van der Waals surface area contributed by atoms with E-state index in [1.165, 1.54) is 10.5 Å². The van der Waals surface area contributed by atoms with Crippen molar-refractivity contribution in [3.05, 3.63) is 23.8 Å². The largest absolute Gasteiger partial charge is 0.398 e. The Balaban J connectivity index is 2.75. The van der Waals surface area contributed by atoms with Crippen LogP contribution in [0.5, 0.6) is 0 Å². The minimum Gasteiger partial charge on any atom is -0.398 e. The maximum Gasteiger partial charge on any atom is 0.0454 e. The molecule has 1 nitrogen and oxygen atoms in total. The Kier molecular flexibility index (Phi) is 3.67. The molecule has 0 bridgehead atoms. The van der Waals surface area contributed by atoms with Gasteiger partial charge in [-0.15, -0.1) is 11.8 Å². The maximum absolute atomic E-state index is 5.89. The fourth-order valence-corrected chi connectivity index (χ4v) is 2.15. The highest BCUT2D eigenvalue weighted by Crippen LogP contribution is 2.29. The molecule has 0 aromatic heterocycles. The van der Waals surface area contributed by atoms with Crippen LogP contribution in [0.25, 0.3) is 0 Å². The molecule has 2 heteroatoms. The molecular formula is C11H17NS. The van der Waals surface area contributed by atoms with Crippen LogP contribution in [0.15, 0.2) is 23.1 Å². The molecule has 0 saturated carbocycles. The standard InChI is InChI=1S/C11H17NS/c1-8(2)7-13-11-9(3)5-4-6-10(11)12/h4-6,8H,7,12H2,1-3H3. The summed E-state index contributed by atoms with van der Waals surface area (Å²) in [4.78, 5) is 1.25. The SMILES string of the molecule is Cc1cccc(N)c1SCC(C)C. The molecule has 0 fully saturated rings. The molecule has 72 valence electrons. The molecule has 0 atom stereocenters. The van der Waals surface area contributed by atoms with Crippen LogP contribution in [0, 0.1) is 12.8 Å². The Hall–Kier alpha value is -0.630. The van der Waals surface area contributed by atoms with E-state index in [4.69, 9.17) is 5.73 Å². The van der Waals surface area contributed by atoms with Crippen LogP contribution in [0.4, 0.5) is 5.69 Å². The molecule has 0 radical (unpaired) electrons. The van der Waals surface area contributed by atoms with Gasteiger partial charge in [0, 0.05) is 16.3 Å². The third kappa shape index (κ3) is 2.96. The highest BCUT2D eigenvalue weighted by Gasteiger charge is 2.04. The Morgan fingerprint density at radius 3 is 2.62 bits per heavy atom. The van der Waals surface area contributed by atoms with Crippen molar-refractivity contribution in [1.82, 2.24) is 0 Å². The lowest BCUT2D eigenvalue weighted by atomic mass is 10.2. The highest BCUT2D eigenvalue weighted by molar-refractivity contribution is 7.99. The molecule has 0 aliphatic heterocycles. The lowest BCUT2D eigenvalue weighted by molar-refractivity contribution is 0.750. The molecule has 0 heterocycles. The zero-order chi connectivity index (χ0) is 9.84. The molecule has 0 aliphatic rings. The fourth-order valence-electron chi connectivity index (χ4n) is 1.12. The van der Waals surface area contributed by atoms with Crippen LogP contribution in [0.1, 0.15) is 19.4 Å². The number of benzene rings is 1. The predicted octanol–water partition coefficient (Wildman–Crippen LogP) is 3.33. The number of nitrogens with two attached hydrogens (primary N) is 1. The molecule has 2 N–H and O–H groups in total. The number of thioether (sulfide) groups is 1. The zero-order valence-electron chi connectivity index (χ0n) is 8.50. The average Bonchev–Trinajstić information content (AvgIpc) is 2.03. The molecule has 1 rings (SSSR count). The van der Waals surface area contributed by atoms with Gasteiger partial charge in [0.25, 0.3) is 0 Å². The first-order valence-corrected chi connectivity index (χ1v) is 5.57. The Morgan fingerprint density at radius 2 is 2.08 bits per heavy atom. The van der Waals surface area contributed by atoms with Gasteiger partial charge in [0.15, 0.2) is 0 Å². The van der Waals surface area contributed by atoms with Crippen LogP contribution < -0.4 is 5.73 Å². The van der Waals surface area contributed by atoms with E-state index in [0.29, 0.717) is 5.92 Å². The van der Waals surface area contributed by atoms with Crippen molar-refractivity contribution in [1.29, 1.82) is 0 Å². The van der Waals surface area contributed by atoms with Crippen molar-refractivity contribution in [3.8, 4) is 0 Å². The van der Waals surface area contributed by atoms with E-state index in [2.05, 4.69) is 26.8 Å². The van der Waals surface area contributed by atoms with Crippen LogP contribution in [0.3, 0.4) is 0 Å². The van der Waals surface area contributed by atoms with Gasteiger partial charge in [-0.3, -0.25) is 0 Å². The van der Waals surface area contributed by atoms with E-state index < -0.39 is 0 Å². The van der Waals surface area contributed by atoms with Gasteiger partial charge in [-0.05, 0) is 24.5 Å². The lowest BCUT2D eigenvalue weighted by Crippen LogP contribution is -1.95. The molecular weight excluding hydrogens is 178 g/mol. The van der Waals surface area contributed by atoms with Gasteiger partial charge in [-0.2, -0.15) is 0 Å². The highest BCUT2D eigenvalue weighted by atomic mass is 32.2. The van der Waals surface area contributed by atoms with Gasteiger partial charge in [0.1, 0.15) is 0 Å². The Morgan fingerprint density at radius 1 is 1.38 bits per heavy atom. The molecule has 0 unspecified atom stereocenters. The smallest absolute Gasteiger partial charge is 0.0454 e. The summed E-state index contributed by atoms with van der Waals surface area (Å²) in [5, 5.41) is 0. The average molecular weight is 195 g/mol. The van der Waals surface area contributed by atoms with Gasteiger partial charge in [-0.25, -0.2) is 0 Å². The third-order valence-electron chi connectivity index (χ3n) is 1.80. The normalized spacial score (nSPS) is 10.8. The van der Waals surface area contributed by atoms with Gasteiger partial charge < -0.3 is 5.73 Å². The number of anilines is 1. The van der Waals surface area contributed by atoms with Crippen molar-refractivity contribution in [2.75, 3.05) is 11.5 Å². The second kappa shape index (κ2) is 4.56. The van der Waals surface area contributed by atoms with Gasteiger partial charge >= 0.3 is 0 Å². The van der Waals surface area contributed by atoms with Crippen molar-refractivity contribution in [2.24, 2.45) is 5.92 Å². The number of hydrogen-bond donors (Lipinski definition) is 1. The van der Waals surface area contributed by atoms with Gasteiger partial charge in [0.05, 0.1) is 0 Å². The Labute approximate surface area is 84.7 Å². The van der Waals surface area contributed by atoms with Crippen molar-refractivity contribution >= 4 is 17.4 Å². The van der Waals surface area contributed by atoms with Crippen LogP contribution in [0.2, 0.25) is 0 Å². The number of rotatable bonds is 3. The van der Waals surface area contributed by atoms with Crippen LogP contribution in [-0.2, 0) is 0 Å². The van der Waals surface area contributed by atoms with Crippen molar-refractivity contribution in [2.45, 2.75) is 25.7 Å². The summed E-state index contributed by atoms with van der Waals surface area (Å²) in [6, 6.07) is 6.08. The number of hydrogen-bond acceptors (Lipinski definition) is 2. The molecule has 1 aromatic rings. The third-order valence-corrected chi connectivity index (χ3v) is 3.48. The molecule has 0 aliphatic carbocycles. The summed E-state index contributed by atoms with van der Waals surface area (Å²) in [5.74, 6) is 1.85. The minimum absolute atomic E-state index is 0.712. The molecule has 0 spiro atoms. The predicted molar refractivity (Wildman–Crippen MR) is 61.2 cm³/mol. The van der Waals surface area contributed by atoms with Crippen molar-refractivity contribution < 1.29 is 0 Å². The maximum atomic E-state index is 5.89. The van der Waals surface area contributed by atoms with Crippen LogP contribution in [-0.4, -0.2) is 5.75 Å². The Bertz CT molecular complexity index is 261. The molecule has 0 amide bonds. The lowest BCUT2D eigenvalue weighted by Gasteiger charge is -2.09. The van der Waals surface area contributed by atoms with Gasteiger partial charge in [-0.1, -0.05) is 26.0 Å². The summed E-state index contributed by atoms with van der Waals surface area (Å²) in [6.45, 7) is 6.56. The fraction of sp³-hybridized carbons (Fsp3) is 0.455. The quantitative estimate of drug-likeness (QED) is 0.591. The molecule has 13 heavy (non-hydrogen) atoms. The molecule has 0 saturated heterocycles. The second-order valence-electron chi connectivity index (χ2n) is 3.70. The van der Waals surface area contributed by atoms with Crippen LogP contribution >= 0.6 is 11.8 Å². The van der Waals surface area contributed by atoms with Crippen molar-refractivity contribution in [3.63, 3.8) is 0 Å². The number of aryl methyl sites for hydroxylation is 1. The van der Waals surface area contributed by atoms with E-state index in [1.807, 2.05) is 23.9 Å². The van der Waals surface area contributed by atoms with Gasteiger partial charge in [0.2, 0.25) is 0 Å². The van der Waals surface area contributed by atoms with E-state index >= 15 is 0 Å². The topological polar surface area (TPSA) is 26.0 Å². The summed E-state index contributed by atoms with van der Waals surface area (Å²) < 4.78 is 0. The summed E-state index contributed by atoms with van der Waals surface area (Å²) >= 11 is 1.86. The minimum atomic E-state index is 0.712. The zero-order valence-corrected chi connectivity index (χ0v) is 9.32. The first-order valence-electron chi connectivity index (χ1n) is 4.59. The molecule has 1 aromatic carbocycles. The number of nitrogen functional groups attached to an aromatic ring is 1. The van der Waals surface area contributed by atoms with E-state index in [0.717, 1.165) is 11.4 Å². The first-order chi connectivity index (χ1) is 6.11. The van der Waals surface area contributed by atoms with E-state index in [9.17, 15) is 0 Å². The summed E-state index contributed by atoms with van der Waals surface area (Å²) in [7, 11) is 0. The van der Waals surface area contributed by atoms with E-state index in [1.54, 1.807) is 0 Å².